The van der Waals surface area contributed by atoms with Crippen LogP contribution in [-0.2, 0) is 0 Å². The van der Waals surface area contributed by atoms with Crippen molar-refractivity contribution in [2.75, 3.05) is 24.3 Å². The van der Waals surface area contributed by atoms with Crippen LogP contribution < -0.4 is 10.2 Å². The molecule has 2 nitrogen and oxygen atoms in total. The van der Waals surface area contributed by atoms with E-state index in [1.165, 1.54) is 5.69 Å². The van der Waals surface area contributed by atoms with Gasteiger partial charge in [0.2, 0.25) is 0 Å². The lowest BCUT2D eigenvalue weighted by molar-refractivity contribution is 0.763. The molecule has 0 fully saturated rings. The number of benzene rings is 1. The summed E-state index contributed by atoms with van der Waals surface area (Å²) in [4.78, 5) is 2.08. The van der Waals surface area contributed by atoms with Crippen LogP contribution in [0.2, 0.25) is 5.02 Å². The Kier molecular flexibility index (Phi) is 4.28. The molecular formula is C12H19ClN2. The largest absolute Gasteiger partial charge is 0.381 e. The molecule has 1 aromatic carbocycles. The van der Waals surface area contributed by atoms with Gasteiger partial charge in [0.1, 0.15) is 0 Å². The number of nitrogens with one attached hydrogen (secondary N) is 1. The summed E-state index contributed by atoms with van der Waals surface area (Å²) in [7, 11) is 4.07. The minimum atomic E-state index is 0.460. The number of hydrogen-bond donors (Lipinski definition) is 1. The van der Waals surface area contributed by atoms with Crippen molar-refractivity contribution in [1.82, 2.24) is 0 Å². The topological polar surface area (TPSA) is 15.3 Å². The standard InChI is InChI=1S/C12H19ClN2/c1-5-9(2)14-11-8-10(13)6-7-12(11)15(3)4/h6-9,14H,5H2,1-4H3. The summed E-state index contributed by atoms with van der Waals surface area (Å²) in [5.74, 6) is 0. The zero-order chi connectivity index (χ0) is 11.4. The van der Waals surface area contributed by atoms with Crippen molar-refractivity contribution >= 4 is 23.0 Å². The average molecular weight is 227 g/mol. The van der Waals surface area contributed by atoms with Crippen molar-refractivity contribution in [3.8, 4) is 0 Å². The second-order valence-electron chi connectivity index (χ2n) is 4.01. The van der Waals surface area contributed by atoms with Gasteiger partial charge in [0.25, 0.3) is 0 Å². The van der Waals surface area contributed by atoms with Gasteiger partial charge < -0.3 is 10.2 Å². The molecule has 0 aromatic heterocycles. The lowest BCUT2D eigenvalue weighted by Gasteiger charge is -2.21. The number of nitrogens with zero attached hydrogens (tertiary/aromatic N) is 1. The van der Waals surface area contributed by atoms with Gasteiger partial charge in [-0.2, -0.15) is 0 Å². The van der Waals surface area contributed by atoms with Crippen LogP contribution in [0.3, 0.4) is 0 Å². The first-order chi connectivity index (χ1) is 7.04. The second-order valence-corrected chi connectivity index (χ2v) is 4.45. The summed E-state index contributed by atoms with van der Waals surface area (Å²) < 4.78 is 0. The van der Waals surface area contributed by atoms with E-state index < -0.39 is 0 Å². The summed E-state index contributed by atoms with van der Waals surface area (Å²) in [5.41, 5.74) is 2.27. The Balaban J connectivity index is 2.96. The minimum absolute atomic E-state index is 0.460. The normalized spacial score (nSPS) is 12.3. The fourth-order valence-electron chi connectivity index (χ4n) is 1.38. The molecule has 1 atom stereocenters. The molecule has 0 aliphatic rings. The summed E-state index contributed by atoms with van der Waals surface area (Å²) in [5, 5.41) is 4.23. The van der Waals surface area contributed by atoms with Crippen LogP contribution in [0.1, 0.15) is 20.3 Å². The van der Waals surface area contributed by atoms with E-state index >= 15 is 0 Å². The van der Waals surface area contributed by atoms with Crippen LogP contribution in [0.25, 0.3) is 0 Å². The quantitative estimate of drug-likeness (QED) is 0.844. The van der Waals surface area contributed by atoms with Crippen molar-refractivity contribution in [2.45, 2.75) is 26.3 Å². The molecule has 84 valence electrons. The Bertz CT molecular complexity index is 323. The van der Waals surface area contributed by atoms with E-state index in [4.69, 9.17) is 11.6 Å². The maximum absolute atomic E-state index is 5.99. The Labute approximate surface area is 97.2 Å². The highest BCUT2D eigenvalue weighted by atomic mass is 35.5. The molecule has 0 radical (unpaired) electrons. The van der Waals surface area contributed by atoms with Gasteiger partial charge in [-0.3, -0.25) is 0 Å². The van der Waals surface area contributed by atoms with Crippen molar-refractivity contribution in [1.29, 1.82) is 0 Å². The SMILES string of the molecule is CCC(C)Nc1cc(Cl)ccc1N(C)C. The van der Waals surface area contributed by atoms with Gasteiger partial charge in [0.15, 0.2) is 0 Å². The molecule has 0 amide bonds. The predicted octanol–water partition coefficient (Wildman–Crippen LogP) is 3.62. The zero-order valence-corrected chi connectivity index (χ0v) is 10.6. The third kappa shape index (κ3) is 3.31. The minimum Gasteiger partial charge on any atom is -0.381 e. The van der Waals surface area contributed by atoms with Crippen LogP contribution in [0.5, 0.6) is 0 Å². The first-order valence-electron chi connectivity index (χ1n) is 5.28. The monoisotopic (exact) mass is 226 g/mol. The van der Waals surface area contributed by atoms with E-state index in [9.17, 15) is 0 Å². The highest BCUT2D eigenvalue weighted by molar-refractivity contribution is 6.31. The summed E-state index contributed by atoms with van der Waals surface area (Å²) in [6.07, 6.45) is 1.10. The average Bonchev–Trinajstić information content (AvgIpc) is 2.17. The van der Waals surface area contributed by atoms with E-state index in [0.717, 1.165) is 17.1 Å². The molecule has 0 bridgehead atoms. The summed E-state index contributed by atoms with van der Waals surface area (Å²) in [6, 6.07) is 6.39. The fraction of sp³-hybridized carbons (Fsp3) is 0.500. The molecule has 0 saturated heterocycles. The Hall–Kier alpha value is -0.890. The first kappa shape index (κ1) is 12.2. The third-order valence-corrected chi connectivity index (χ3v) is 2.69. The highest BCUT2D eigenvalue weighted by Gasteiger charge is 2.07. The van der Waals surface area contributed by atoms with Gasteiger partial charge in [-0.1, -0.05) is 18.5 Å². The van der Waals surface area contributed by atoms with E-state index in [1.807, 2.05) is 32.3 Å². The Morgan fingerprint density at radius 3 is 2.60 bits per heavy atom. The Morgan fingerprint density at radius 2 is 2.07 bits per heavy atom. The number of hydrogen-bond acceptors (Lipinski definition) is 2. The summed E-state index contributed by atoms with van der Waals surface area (Å²) >= 11 is 5.99. The molecule has 0 aliphatic carbocycles. The molecule has 0 heterocycles. The summed E-state index contributed by atoms with van der Waals surface area (Å²) in [6.45, 7) is 4.33. The van der Waals surface area contributed by atoms with E-state index in [1.54, 1.807) is 0 Å². The molecule has 1 unspecified atom stereocenters. The molecular weight excluding hydrogens is 208 g/mol. The van der Waals surface area contributed by atoms with Gasteiger partial charge in [0.05, 0.1) is 11.4 Å². The zero-order valence-electron chi connectivity index (χ0n) is 9.84. The maximum Gasteiger partial charge on any atom is 0.0597 e. The van der Waals surface area contributed by atoms with Crippen LogP contribution in [0.15, 0.2) is 18.2 Å². The lowest BCUT2D eigenvalue weighted by Crippen LogP contribution is -2.17. The molecule has 1 aromatic rings. The second kappa shape index (κ2) is 5.26. The molecule has 0 spiro atoms. The highest BCUT2D eigenvalue weighted by Crippen LogP contribution is 2.28. The maximum atomic E-state index is 5.99. The van der Waals surface area contributed by atoms with E-state index in [2.05, 4.69) is 24.1 Å². The molecule has 0 saturated carbocycles. The molecule has 15 heavy (non-hydrogen) atoms. The lowest BCUT2D eigenvalue weighted by atomic mass is 10.2. The van der Waals surface area contributed by atoms with Gasteiger partial charge >= 0.3 is 0 Å². The molecule has 0 aliphatic heterocycles. The fourth-order valence-corrected chi connectivity index (χ4v) is 1.55. The van der Waals surface area contributed by atoms with Gasteiger partial charge in [-0.25, -0.2) is 0 Å². The van der Waals surface area contributed by atoms with Gasteiger partial charge in [0, 0.05) is 25.2 Å². The van der Waals surface area contributed by atoms with Gasteiger partial charge in [-0.15, -0.1) is 0 Å². The van der Waals surface area contributed by atoms with Crippen molar-refractivity contribution < 1.29 is 0 Å². The van der Waals surface area contributed by atoms with Crippen LogP contribution in [-0.4, -0.2) is 20.1 Å². The first-order valence-corrected chi connectivity index (χ1v) is 5.65. The van der Waals surface area contributed by atoms with Crippen LogP contribution in [0, 0.1) is 0 Å². The van der Waals surface area contributed by atoms with Crippen LogP contribution in [0.4, 0.5) is 11.4 Å². The number of halogens is 1. The third-order valence-electron chi connectivity index (χ3n) is 2.45. The molecule has 1 rings (SSSR count). The number of rotatable bonds is 4. The van der Waals surface area contributed by atoms with Crippen molar-refractivity contribution in [3.05, 3.63) is 23.2 Å². The predicted molar refractivity (Wildman–Crippen MR) is 69.2 cm³/mol. The van der Waals surface area contributed by atoms with E-state index in [0.29, 0.717) is 6.04 Å². The molecule has 1 N–H and O–H groups in total. The van der Waals surface area contributed by atoms with Gasteiger partial charge in [-0.05, 0) is 31.5 Å². The van der Waals surface area contributed by atoms with Crippen molar-refractivity contribution in [2.24, 2.45) is 0 Å². The van der Waals surface area contributed by atoms with Crippen molar-refractivity contribution in [3.63, 3.8) is 0 Å². The molecule has 3 heteroatoms. The number of anilines is 2. The van der Waals surface area contributed by atoms with E-state index in [-0.39, 0.29) is 0 Å². The Morgan fingerprint density at radius 1 is 1.40 bits per heavy atom. The smallest absolute Gasteiger partial charge is 0.0597 e. The van der Waals surface area contributed by atoms with Crippen LogP contribution >= 0.6 is 11.6 Å².